The van der Waals surface area contributed by atoms with Gasteiger partial charge in [-0.1, -0.05) is 6.58 Å². The summed E-state index contributed by atoms with van der Waals surface area (Å²) >= 11 is 0. The average molecular weight is 269 g/mol. The SMILES string of the molecule is C=C/C(N)=C\C=N.Nc1ccc(S(=O)(=O)O)cc1. The maximum Gasteiger partial charge on any atom is 0.294 e. The van der Waals surface area contributed by atoms with E-state index in [0.717, 1.165) is 6.21 Å². The molecule has 0 atom stereocenters. The first-order valence-corrected chi connectivity index (χ1v) is 6.17. The van der Waals surface area contributed by atoms with Gasteiger partial charge in [0.25, 0.3) is 10.1 Å². The molecular formula is C11H15N3O3S. The van der Waals surface area contributed by atoms with Crippen molar-refractivity contribution >= 4 is 22.0 Å². The zero-order chi connectivity index (χ0) is 14.2. The van der Waals surface area contributed by atoms with Gasteiger partial charge in [-0.15, -0.1) is 0 Å². The smallest absolute Gasteiger partial charge is 0.294 e. The highest BCUT2D eigenvalue weighted by atomic mass is 32.2. The lowest BCUT2D eigenvalue weighted by atomic mass is 10.3. The molecule has 1 rings (SSSR count). The molecule has 1 aromatic carbocycles. The van der Waals surface area contributed by atoms with Crippen LogP contribution in [0, 0.1) is 5.41 Å². The summed E-state index contributed by atoms with van der Waals surface area (Å²) in [6, 6.07) is 5.29. The number of nitrogens with two attached hydrogens (primary N) is 2. The molecule has 18 heavy (non-hydrogen) atoms. The third-order valence-electron chi connectivity index (χ3n) is 1.69. The molecule has 0 saturated carbocycles. The van der Waals surface area contributed by atoms with E-state index < -0.39 is 10.1 Å². The van der Waals surface area contributed by atoms with Crippen molar-refractivity contribution in [3.05, 3.63) is 48.7 Å². The fourth-order valence-corrected chi connectivity index (χ4v) is 1.28. The second kappa shape index (κ2) is 7.25. The van der Waals surface area contributed by atoms with Crippen LogP contribution >= 0.6 is 0 Å². The first kappa shape index (κ1) is 15.9. The lowest BCUT2D eigenvalue weighted by molar-refractivity contribution is 0.483. The molecule has 6 N–H and O–H groups in total. The van der Waals surface area contributed by atoms with E-state index in [0.29, 0.717) is 11.4 Å². The Hall–Kier alpha value is -2.12. The molecule has 0 bridgehead atoms. The Morgan fingerprint density at radius 1 is 1.33 bits per heavy atom. The number of anilines is 1. The molecule has 1 aromatic rings. The van der Waals surface area contributed by atoms with E-state index in [2.05, 4.69) is 6.58 Å². The predicted molar refractivity (Wildman–Crippen MR) is 71.9 cm³/mol. The van der Waals surface area contributed by atoms with E-state index in [-0.39, 0.29) is 4.90 Å². The number of allylic oxidation sites excluding steroid dienone is 2. The van der Waals surface area contributed by atoms with Crippen LogP contribution in [0.25, 0.3) is 0 Å². The van der Waals surface area contributed by atoms with Gasteiger partial charge in [0, 0.05) is 17.6 Å². The molecule has 0 heterocycles. The highest BCUT2D eigenvalue weighted by molar-refractivity contribution is 7.85. The average Bonchev–Trinajstić information content (AvgIpc) is 2.29. The number of nitrogens with one attached hydrogen (secondary N) is 1. The van der Waals surface area contributed by atoms with Gasteiger partial charge in [-0.05, 0) is 36.4 Å². The van der Waals surface area contributed by atoms with E-state index in [1.807, 2.05) is 0 Å². The third-order valence-corrected chi connectivity index (χ3v) is 2.56. The summed E-state index contributed by atoms with van der Waals surface area (Å²) < 4.78 is 29.4. The fourth-order valence-electron chi connectivity index (χ4n) is 0.804. The van der Waals surface area contributed by atoms with E-state index in [1.54, 1.807) is 0 Å². The van der Waals surface area contributed by atoms with Gasteiger partial charge in [0.15, 0.2) is 0 Å². The zero-order valence-electron chi connectivity index (χ0n) is 9.58. The molecule has 7 heteroatoms. The second-order valence-corrected chi connectivity index (χ2v) is 4.50. The minimum absolute atomic E-state index is 0.147. The Morgan fingerprint density at radius 2 is 1.83 bits per heavy atom. The van der Waals surface area contributed by atoms with Crippen molar-refractivity contribution in [2.45, 2.75) is 4.90 Å². The molecule has 0 spiro atoms. The Labute approximate surface area is 106 Å². The molecule has 0 aliphatic heterocycles. The molecule has 0 aliphatic rings. The van der Waals surface area contributed by atoms with Gasteiger partial charge >= 0.3 is 0 Å². The van der Waals surface area contributed by atoms with E-state index in [9.17, 15) is 8.42 Å². The Morgan fingerprint density at radius 3 is 2.11 bits per heavy atom. The van der Waals surface area contributed by atoms with Gasteiger partial charge in [-0.3, -0.25) is 4.55 Å². The van der Waals surface area contributed by atoms with E-state index in [1.165, 1.54) is 36.4 Å². The van der Waals surface area contributed by atoms with Crippen molar-refractivity contribution in [2.24, 2.45) is 5.73 Å². The number of benzene rings is 1. The van der Waals surface area contributed by atoms with Crippen molar-refractivity contribution in [1.82, 2.24) is 0 Å². The molecule has 98 valence electrons. The van der Waals surface area contributed by atoms with Crippen LogP contribution in [0.3, 0.4) is 0 Å². The second-order valence-electron chi connectivity index (χ2n) is 3.08. The Balaban J connectivity index is 0.000000360. The van der Waals surface area contributed by atoms with Gasteiger partial charge in [-0.25, -0.2) is 0 Å². The van der Waals surface area contributed by atoms with Crippen molar-refractivity contribution < 1.29 is 13.0 Å². The van der Waals surface area contributed by atoms with Crippen molar-refractivity contribution in [3.63, 3.8) is 0 Å². The van der Waals surface area contributed by atoms with Gasteiger partial charge < -0.3 is 16.9 Å². The largest absolute Gasteiger partial charge is 0.399 e. The topological polar surface area (TPSA) is 130 Å². The predicted octanol–water partition coefficient (Wildman–Crippen LogP) is 1.18. The summed E-state index contributed by atoms with van der Waals surface area (Å²) in [5.41, 5.74) is 11.4. The van der Waals surface area contributed by atoms with Crippen LogP contribution < -0.4 is 11.5 Å². The summed E-state index contributed by atoms with van der Waals surface area (Å²) in [7, 11) is -4.08. The summed E-state index contributed by atoms with van der Waals surface area (Å²) in [4.78, 5) is -0.147. The maximum absolute atomic E-state index is 10.5. The summed E-state index contributed by atoms with van der Waals surface area (Å²) in [6.07, 6.45) is 4.08. The molecule has 0 aromatic heterocycles. The number of nitrogen functional groups attached to an aromatic ring is 1. The van der Waals surface area contributed by atoms with Crippen LogP contribution in [0.4, 0.5) is 5.69 Å². The van der Waals surface area contributed by atoms with Crippen molar-refractivity contribution in [3.8, 4) is 0 Å². The number of hydrogen-bond acceptors (Lipinski definition) is 5. The standard InChI is InChI=1S/C6H7NO3S.C5H8N2/c7-5-1-3-6(4-2-5)11(8,9)10;1-2-5(7)3-4-6/h1-4H,7H2,(H,8,9,10);2-4,6H,1,7H2/b;5-3+,6-4?. The molecule has 0 aliphatic carbocycles. The molecular weight excluding hydrogens is 254 g/mol. The highest BCUT2D eigenvalue weighted by Gasteiger charge is 2.06. The van der Waals surface area contributed by atoms with Crippen LogP contribution in [-0.4, -0.2) is 19.2 Å². The maximum atomic E-state index is 10.5. The Bertz CT molecular complexity index is 533. The monoisotopic (exact) mass is 269 g/mol. The first-order valence-electron chi connectivity index (χ1n) is 4.73. The lowest BCUT2D eigenvalue weighted by Crippen LogP contribution is -1.97. The third kappa shape index (κ3) is 6.46. The summed E-state index contributed by atoms with van der Waals surface area (Å²) in [5.74, 6) is 0. The molecule has 0 unspecified atom stereocenters. The van der Waals surface area contributed by atoms with Gasteiger partial charge in [0.05, 0.1) is 4.90 Å². The fraction of sp³-hybridized carbons (Fsp3) is 0. The van der Waals surface area contributed by atoms with Crippen molar-refractivity contribution in [2.75, 3.05) is 5.73 Å². The summed E-state index contributed by atoms with van der Waals surface area (Å²) in [6.45, 7) is 3.38. The minimum atomic E-state index is -4.08. The minimum Gasteiger partial charge on any atom is -0.399 e. The van der Waals surface area contributed by atoms with Crippen LogP contribution in [0.5, 0.6) is 0 Å². The van der Waals surface area contributed by atoms with Gasteiger partial charge in [0.2, 0.25) is 0 Å². The van der Waals surface area contributed by atoms with Crippen LogP contribution in [0.15, 0.2) is 53.6 Å². The van der Waals surface area contributed by atoms with Crippen LogP contribution in [0.1, 0.15) is 0 Å². The Kier molecular flexibility index (Phi) is 6.40. The first-order chi connectivity index (χ1) is 8.31. The molecule has 0 saturated heterocycles. The van der Waals surface area contributed by atoms with Crippen LogP contribution in [-0.2, 0) is 10.1 Å². The number of rotatable bonds is 3. The van der Waals surface area contributed by atoms with Gasteiger partial charge in [-0.2, -0.15) is 8.42 Å². The zero-order valence-corrected chi connectivity index (χ0v) is 10.4. The van der Waals surface area contributed by atoms with E-state index in [4.69, 9.17) is 21.4 Å². The van der Waals surface area contributed by atoms with Crippen LogP contribution in [0.2, 0.25) is 0 Å². The normalized spacial score (nSPS) is 11.1. The molecule has 0 fully saturated rings. The van der Waals surface area contributed by atoms with E-state index >= 15 is 0 Å². The number of hydrogen-bond donors (Lipinski definition) is 4. The molecule has 0 amide bonds. The van der Waals surface area contributed by atoms with Gasteiger partial charge in [0.1, 0.15) is 0 Å². The molecule has 0 radical (unpaired) electrons. The summed E-state index contributed by atoms with van der Waals surface area (Å²) in [5, 5.41) is 6.51. The van der Waals surface area contributed by atoms with Crippen molar-refractivity contribution in [1.29, 1.82) is 5.41 Å². The highest BCUT2D eigenvalue weighted by Crippen LogP contribution is 2.10. The molecule has 6 nitrogen and oxygen atoms in total. The quantitative estimate of drug-likeness (QED) is 0.283. The lowest BCUT2D eigenvalue weighted by Gasteiger charge is -1.95.